The lowest BCUT2D eigenvalue weighted by atomic mass is 9.45. The normalized spacial score (nSPS) is 47.7. The van der Waals surface area contributed by atoms with E-state index in [4.69, 9.17) is 4.42 Å². The SMILES string of the molecule is C[C@@]12CCc3occc3C1CC[C@]13CC(=O)[C@@H](CCC12)C3. The molecule has 2 heteroatoms. The number of fused-ring (bicyclic) bond motifs is 5. The molecule has 0 aliphatic heterocycles. The van der Waals surface area contributed by atoms with Gasteiger partial charge in [0, 0.05) is 18.8 Å². The van der Waals surface area contributed by atoms with Crippen LogP contribution in [0.5, 0.6) is 0 Å². The Kier molecular flexibility index (Phi) is 2.28. The molecule has 1 spiro atoms. The van der Waals surface area contributed by atoms with Crippen molar-refractivity contribution in [2.45, 2.75) is 64.2 Å². The number of Topliss-reactive ketones (excluding diaryl/α,β-unsaturated/α-hetero) is 1. The van der Waals surface area contributed by atoms with Crippen LogP contribution in [0.4, 0.5) is 0 Å². The van der Waals surface area contributed by atoms with Crippen LogP contribution in [0.25, 0.3) is 0 Å². The quantitative estimate of drug-likeness (QED) is 0.703. The van der Waals surface area contributed by atoms with E-state index in [1.54, 1.807) is 0 Å². The van der Waals surface area contributed by atoms with E-state index in [0.29, 0.717) is 28.4 Å². The predicted octanol–water partition coefficient (Wildman–Crippen LogP) is 4.49. The summed E-state index contributed by atoms with van der Waals surface area (Å²) in [7, 11) is 0. The molecular weight excluding hydrogens is 260 g/mol. The first-order chi connectivity index (χ1) is 10.1. The van der Waals surface area contributed by atoms with Gasteiger partial charge in [0.1, 0.15) is 11.5 Å². The van der Waals surface area contributed by atoms with Gasteiger partial charge in [0.05, 0.1) is 6.26 Å². The number of aryl methyl sites for hydroxylation is 1. The summed E-state index contributed by atoms with van der Waals surface area (Å²) in [5.41, 5.74) is 2.25. The molecule has 5 atom stereocenters. The second kappa shape index (κ2) is 3.83. The van der Waals surface area contributed by atoms with Gasteiger partial charge in [0.15, 0.2) is 0 Å². The molecule has 4 aliphatic carbocycles. The maximum absolute atomic E-state index is 12.3. The summed E-state index contributed by atoms with van der Waals surface area (Å²) < 4.78 is 5.71. The highest BCUT2D eigenvalue weighted by molar-refractivity contribution is 5.84. The molecule has 0 amide bonds. The summed E-state index contributed by atoms with van der Waals surface area (Å²) >= 11 is 0. The Morgan fingerprint density at radius 2 is 2.14 bits per heavy atom. The zero-order valence-electron chi connectivity index (χ0n) is 12.9. The zero-order chi connectivity index (χ0) is 14.2. The molecule has 2 nitrogen and oxygen atoms in total. The van der Waals surface area contributed by atoms with Gasteiger partial charge in [-0.2, -0.15) is 0 Å². The van der Waals surface area contributed by atoms with Crippen molar-refractivity contribution in [3.05, 3.63) is 23.7 Å². The van der Waals surface area contributed by atoms with Crippen LogP contribution in [-0.4, -0.2) is 5.78 Å². The zero-order valence-corrected chi connectivity index (χ0v) is 12.9. The summed E-state index contributed by atoms with van der Waals surface area (Å²) in [5, 5.41) is 0. The highest BCUT2D eigenvalue weighted by Crippen LogP contribution is 2.69. The monoisotopic (exact) mass is 284 g/mol. The number of rotatable bonds is 0. The molecule has 3 fully saturated rings. The average molecular weight is 284 g/mol. The van der Waals surface area contributed by atoms with E-state index in [1.807, 2.05) is 6.26 Å². The van der Waals surface area contributed by atoms with Gasteiger partial charge in [-0.15, -0.1) is 0 Å². The molecule has 5 rings (SSSR count). The molecule has 21 heavy (non-hydrogen) atoms. The molecule has 1 aromatic rings. The fraction of sp³-hybridized carbons (Fsp3) is 0.737. The highest BCUT2D eigenvalue weighted by atomic mass is 16.3. The van der Waals surface area contributed by atoms with Crippen LogP contribution in [0.15, 0.2) is 16.7 Å². The Bertz CT molecular complexity index is 615. The van der Waals surface area contributed by atoms with Gasteiger partial charge in [-0.1, -0.05) is 6.92 Å². The Labute approximate surface area is 126 Å². The predicted molar refractivity (Wildman–Crippen MR) is 80.0 cm³/mol. The summed E-state index contributed by atoms with van der Waals surface area (Å²) in [6.07, 6.45) is 11.3. The van der Waals surface area contributed by atoms with Crippen molar-refractivity contribution in [1.29, 1.82) is 0 Å². The molecule has 2 bridgehead atoms. The van der Waals surface area contributed by atoms with Crippen LogP contribution in [-0.2, 0) is 11.2 Å². The van der Waals surface area contributed by atoms with Crippen molar-refractivity contribution in [3.63, 3.8) is 0 Å². The molecule has 4 aliphatic rings. The maximum atomic E-state index is 12.3. The van der Waals surface area contributed by atoms with Crippen LogP contribution < -0.4 is 0 Å². The van der Waals surface area contributed by atoms with Crippen molar-refractivity contribution in [2.24, 2.45) is 22.7 Å². The van der Waals surface area contributed by atoms with E-state index < -0.39 is 0 Å². The fourth-order valence-electron chi connectivity index (χ4n) is 6.88. The summed E-state index contributed by atoms with van der Waals surface area (Å²) in [6.45, 7) is 2.53. The summed E-state index contributed by atoms with van der Waals surface area (Å²) in [5.74, 6) is 3.66. The lowest BCUT2D eigenvalue weighted by Gasteiger charge is -2.59. The molecule has 0 aromatic carbocycles. The highest BCUT2D eigenvalue weighted by Gasteiger charge is 2.62. The third-order valence-electron chi connectivity index (χ3n) is 7.75. The fourth-order valence-corrected chi connectivity index (χ4v) is 6.88. The first-order valence-electron chi connectivity index (χ1n) is 8.71. The van der Waals surface area contributed by atoms with Gasteiger partial charge < -0.3 is 4.42 Å². The van der Waals surface area contributed by atoms with Gasteiger partial charge in [0.2, 0.25) is 0 Å². The van der Waals surface area contributed by atoms with Crippen LogP contribution in [0, 0.1) is 22.7 Å². The van der Waals surface area contributed by atoms with Crippen LogP contribution in [0.2, 0.25) is 0 Å². The molecule has 2 unspecified atom stereocenters. The van der Waals surface area contributed by atoms with Gasteiger partial charge in [-0.3, -0.25) is 4.79 Å². The van der Waals surface area contributed by atoms with Crippen LogP contribution in [0.1, 0.15) is 69.1 Å². The second-order valence-corrected chi connectivity index (χ2v) is 8.43. The Hall–Kier alpha value is -1.05. The average Bonchev–Trinajstić information content (AvgIpc) is 3.02. The van der Waals surface area contributed by atoms with E-state index in [-0.39, 0.29) is 0 Å². The van der Waals surface area contributed by atoms with Crippen molar-refractivity contribution in [2.75, 3.05) is 0 Å². The largest absolute Gasteiger partial charge is 0.469 e. The van der Waals surface area contributed by atoms with E-state index in [9.17, 15) is 4.79 Å². The number of ketones is 1. The molecule has 0 N–H and O–H groups in total. The lowest BCUT2D eigenvalue weighted by molar-refractivity contribution is -0.121. The van der Waals surface area contributed by atoms with Gasteiger partial charge in [-0.05, 0) is 72.8 Å². The van der Waals surface area contributed by atoms with Crippen molar-refractivity contribution < 1.29 is 9.21 Å². The number of furan rings is 1. The maximum Gasteiger partial charge on any atom is 0.136 e. The molecule has 1 heterocycles. The number of carbonyl (C=O) groups excluding carboxylic acids is 1. The topological polar surface area (TPSA) is 30.2 Å². The third kappa shape index (κ3) is 1.42. The third-order valence-corrected chi connectivity index (χ3v) is 7.75. The van der Waals surface area contributed by atoms with E-state index in [0.717, 1.165) is 25.2 Å². The second-order valence-electron chi connectivity index (χ2n) is 8.43. The molecule has 112 valence electrons. The summed E-state index contributed by atoms with van der Waals surface area (Å²) in [4.78, 5) is 12.3. The standard InChI is InChI=1S/C19H24O2/c1-18-7-5-16-13(6-9-21-16)14(18)4-8-19-10-12(15(20)11-19)2-3-17(18)19/h6,9,12,14,17H,2-5,7-8,10-11H2,1H3/t12-,14?,17?,18+,19-/m0/s1. The Morgan fingerprint density at radius 1 is 1.24 bits per heavy atom. The number of carbonyl (C=O) groups is 1. The van der Waals surface area contributed by atoms with Crippen molar-refractivity contribution in [3.8, 4) is 0 Å². The minimum atomic E-state index is 0.368. The first-order valence-corrected chi connectivity index (χ1v) is 8.71. The van der Waals surface area contributed by atoms with E-state index in [2.05, 4.69) is 13.0 Å². The van der Waals surface area contributed by atoms with E-state index >= 15 is 0 Å². The van der Waals surface area contributed by atoms with Gasteiger partial charge in [0.25, 0.3) is 0 Å². The molecule has 0 radical (unpaired) electrons. The smallest absolute Gasteiger partial charge is 0.136 e. The Morgan fingerprint density at radius 3 is 3.05 bits per heavy atom. The number of hydrogen-bond acceptors (Lipinski definition) is 2. The van der Waals surface area contributed by atoms with Gasteiger partial charge >= 0.3 is 0 Å². The first kappa shape index (κ1) is 12.5. The minimum absolute atomic E-state index is 0.368. The molecular formula is C19H24O2. The molecule has 3 saturated carbocycles. The summed E-state index contributed by atoms with van der Waals surface area (Å²) in [6, 6.07) is 2.22. The molecule has 1 aromatic heterocycles. The van der Waals surface area contributed by atoms with Gasteiger partial charge in [-0.25, -0.2) is 0 Å². The van der Waals surface area contributed by atoms with Crippen molar-refractivity contribution in [1.82, 2.24) is 0 Å². The van der Waals surface area contributed by atoms with Crippen LogP contribution in [0.3, 0.4) is 0 Å². The Balaban J connectivity index is 1.60. The molecule has 0 saturated heterocycles. The lowest BCUT2D eigenvalue weighted by Crippen LogP contribution is -2.50. The van der Waals surface area contributed by atoms with E-state index in [1.165, 1.54) is 43.4 Å². The number of hydrogen-bond donors (Lipinski definition) is 0. The van der Waals surface area contributed by atoms with Crippen molar-refractivity contribution >= 4 is 5.78 Å². The minimum Gasteiger partial charge on any atom is -0.469 e. The van der Waals surface area contributed by atoms with Crippen LogP contribution >= 0.6 is 0 Å².